The van der Waals surface area contributed by atoms with Crippen molar-refractivity contribution in [2.24, 2.45) is 0 Å². The van der Waals surface area contributed by atoms with Gasteiger partial charge in [-0.25, -0.2) is 9.18 Å². The zero-order valence-electron chi connectivity index (χ0n) is 7.58. The molecule has 2 rings (SSSR count). The van der Waals surface area contributed by atoms with Crippen LogP contribution in [0.3, 0.4) is 0 Å². The summed E-state index contributed by atoms with van der Waals surface area (Å²) in [5, 5.41) is 8.72. The first-order chi connectivity index (χ1) is 6.59. The molecule has 3 nitrogen and oxygen atoms in total. The first-order valence-corrected chi connectivity index (χ1v) is 4.27. The van der Waals surface area contributed by atoms with E-state index in [9.17, 15) is 9.18 Å². The third-order valence-electron chi connectivity index (χ3n) is 2.33. The van der Waals surface area contributed by atoms with Crippen LogP contribution in [0, 0.1) is 12.7 Å². The first kappa shape index (κ1) is 8.99. The van der Waals surface area contributed by atoms with Gasteiger partial charge in [-0.15, -0.1) is 0 Å². The van der Waals surface area contributed by atoms with Crippen LogP contribution in [0.1, 0.15) is 11.1 Å². The molecule has 0 fully saturated rings. The minimum atomic E-state index is -1.06. The predicted octanol–water partition coefficient (Wildman–Crippen LogP) is 1.52. The molecule has 1 aliphatic rings. The van der Waals surface area contributed by atoms with E-state index < -0.39 is 17.9 Å². The molecule has 1 heterocycles. The molecule has 1 N–H and O–H groups in total. The molecule has 1 unspecified atom stereocenters. The van der Waals surface area contributed by atoms with Crippen molar-refractivity contribution in [2.45, 2.75) is 19.4 Å². The Morgan fingerprint density at radius 1 is 1.64 bits per heavy atom. The highest BCUT2D eigenvalue weighted by atomic mass is 19.1. The quantitative estimate of drug-likeness (QED) is 0.740. The summed E-state index contributed by atoms with van der Waals surface area (Å²) >= 11 is 0. The van der Waals surface area contributed by atoms with E-state index in [0.29, 0.717) is 11.3 Å². The number of carboxylic acids is 1. The zero-order chi connectivity index (χ0) is 10.3. The Labute approximate surface area is 80.1 Å². The average molecular weight is 196 g/mol. The largest absolute Gasteiger partial charge is 0.478 e. The van der Waals surface area contributed by atoms with E-state index in [1.54, 1.807) is 13.0 Å². The van der Waals surface area contributed by atoms with Crippen molar-refractivity contribution >= 4 is 5.97 Å². The van der Waals surface area contributed by atoms with Crippen LogP contribution in [0.25, 0.3) is 0 Å². The highest BCUT2D eigenvalue weighted by Crippen LogP contribution is 2.34. The number of benzene rings is 1. The lowest BCUT2D eigenvalue weighted by Gasteiger charge is -2.05. The molecule has 0 radical (unpaired) electrons. The lowest BCUT2D eigenvalue weighted by atomic mass is 10.1. The van der Waals surface area contributed by atoms with Crippen molar-refractivity contribution in [3.05, 3.63) is 29.1 Å². The van der Waals surface area contributed by atoms with Crippen LogP contribution in [0.5, 0.6) is 5.75 Å². The maximum atomic E-state index is 13.2. The summed E-state index contributed by atoms with van der Waals surface area (Å²) in [6, 6.07) is 2.92. The number of hydrogen-bond donors (Lipinski definition) is 1. The molecule has 1 atom stereocenters. The molecular weight excluding hydrogens is 187 g/mol. The van der Waals surface area contributed by atoms with E-state index in [2.05, 4.69) is 0 Å². The van der Waals surface area contributed by atoms with Gasteiger partial charge in [-0.1, -0.05) is 6.07 Å². The second kappa shape index (κ2) is 2.97. The van der Waals surface area contributed by atoms with Crippen molar-refractivity contribution < 1.29 is 19.0 Å². The Kier molecular flexibility index (Phi) is 1.91. The molecule has 0 amide bonds. The average Bonchev–Trinajstić information content (AvgIpc) is 2.57. The molecule has 0 aliphatic carbocycles. The van der Waals surface area contributed by atoms with Gasteiger partial charge in [-0.3, -0.25) is 0 Å². The van der Waals surface area contributed by atoms with Crippen LogP contribution >= 0.6 is 0 Å². The highest BCUT2D eigenvalue weighted by Gasteiger charge is 2.31. The molecule has 4 heteroatoms. The smallest absolute Gasteiger partial charge is 0.345 e. The number of aliphatic carboxylic acids is 1. The summed E-state index contributed by atoms with van der Waals surface area (Å²) in [4.78, 5) is 10.6. The summed E-state index contributed by atoms with van der Waals surface area (Å²) < 4.78 is 18.4. The van der Waals surface area contributed by atoms with Gasteiger partial charge in [0, 0.05) is 12.0 Å². The van der Waals surface area contributed by atoms with Crippen LogP contribution in [0.15, 0.2) is 12.1 Å². The van der Waals surface area contributed by atoms with Gasteiger partial charge in [-0.2, -0.15) is 0 Å². The number of aryl methyl sites for hydroxylation is 1. The van der Waals surface area contributed by atoms with Crippen molar-refractivity contribution in [1.29, 1.82) is 0 Å². The van der Waals surface area contributed by atoms with Crippen LogP contribution in [0.2, 0.25) is 0 Å². The number of carboxylic acid groups (broad SMARTS) is 1. The molecule has 0 spiro atoms. The minimum Gasteiger partial charge on any atom is -0.478 e. The fourth-order valence-electron chi connectivity index (χ4n) is 1.58. The molecule has 74 valence electrons. The summed E-state index contributed by atoms with van der Waals surface area (Å²) in [6.07, 6.45) is -0.835. The fourth-order valence-corrected chi connectivity index (χ4v) is 1.58. The van der Waals surface area contributed by atoms with E-state index in [-0.39, 0.29) is 6.42 Å². The lowest BCUT2D eigenvalue weighted by molar-refractivity contribution is -0.144. The standard InChI is InChI=1S/C10H9FO3/c1-5-2-3-7(11)6-4-8(10(12)13)14-9(5)6/h2-3,8H,4H2,1H3,(H,12,13). The summed E-state index contributed by atoms with van der Waals surface area (Å²) in [5.74, 6) is -1.06. The van der Waals surface area contributed by atoms with Crippen molar-refractivity contribution in [3.8, 4) is 5.75 Å². The van der Waals surface area contributed by atoms with Gasteiger partial charge in [0.2, 0.25) is 0 Å². The first-order valence-electron chi connectivity index (χ1n) is 4.27. The van der Waals surface area contributed by atoms with Crippen molar-refractivity contribution in [3.63, 3.8) is 0 Å². The maximum Gasteiger partial charge on any atom is 0.345 e. The van der Waals surface area contributed by atoms with Crippen molar-refractivity contribution in [1.82, 2.24) is 0 Å². The number of ether oxygens (including phenoxy) is 1. The van der Waals surface area contributed by atoms with Gasteiger partial charge < -0.3 is 9.84 Å². The third kappa shape index (κ3) is 1.23. The van der Waals surface area contributed by atoms with E-state index in [1.807, 2.05) is 0 Å². The molecule has 0 saturated heterocycles. The van der Waals surface area contributed by atoms with E-state index >= 15 is 0 Å². The van der Waals surface area contributed by atoms with E-state index in [0.717, 1.165) is 5.56 Å². The van der Waals surface area contributed by atoms with Crippen molar-refractivity contribution in [2.75, 3.05) is 0 Å². The van der Waals surface area contributed by atoms with Gasteiger partial charge >= 0.3 is 5.97 Å². The highest BCUT2D eigenvalue weighted by molar-refractivity contribution is 5.75. The predicted molar refractivity (Wildman–Crippen MR) is 46.9 cm³/mol. The zero-order valence-corrected chi connectivity index (χ0v) is 7.58. The number of rotatable bonds is 1. The summed E-state index contributed by atoms with van der Waals surface area (Å²) in [6.45, 7) is 1.77. The number of hydrogen-bond acceptors (Lipinski definition) is 2. The third-order valence-corrected chi connectivity index (χ3v) is 2.33. The van der Waals surface area contributed by atoms with Gasteiger partial charge in [-0.05, 0) is 18.6 Å². The Morgan fingerprint density at radius 3 is 2.93 bits per heavy atom. The Morgan fingerprint density at radius 2 is 2.36 bits per heavy atom. The van der Waals surface area contributed by atoms with Crippen LogP contribution < -0.4 is 4.74 Å². The molecule has 0 saturated carbocycles. The van der Waals surface area contributed by atoms with Gasteiger partial charge in [0.25, 0.3) is 0 Å². The molecule has 1 aromatic carbocycles. The maximum absolute atomic E-state index is 13.2. The Bertz CT molecular complexity index is 370. The van der Waals surface area contributed by atoms with Crippen LogP contribution in [0.4, 0.5) is 4.39 Å². The second-order valence-corrected chi connectivity index (χ2v) is 3.32. The van der Waals surface area contributed by atoms with Crippen LogP contribution in [-0.2, 0) is 11.2 Å². The molecule has 0 aromatic heterocycles. The van der Waals surface area contributed by atoms with Gasteiger partial charge in [0.15, 0.2) is 6.10 Å². The summed E-state index contributed by atoms with van der Waals surface area (Å²) in [5.41, 5.74) is 1.14. The minimum absolute atomic E-state index is 0.109. The Balaban J connectivity index is 2.43. The molecular formula is C10H9FO3. The van der Waals surface area contributed by atoms with Crippen LogP contribution in [-0.4, -0.2) is 17.2 Å². The summed E-state index contributed by atoms with van der Waals surface area (Å²) in [7, 11) is 0. The number of halogens is 1. The van der Waals surface area contributed by atoms with Gasteiger partial charge in [0.1, 0.15) is 11.6 Å². The lowest BCUT2D eigenvalue weighted by Crippen LogP contribution is -2.24. The monoisotopic (exact) mass is 196 g/mol. The molecule has 14 heavy (non-hydrogen) atoms. The molecule has 0 bridgehead atoms. The SMILES string of the molecule is Cc1ccc(F)c2c1OC(C(=O)O)C2. The number of carbonyl (C=O) groups is 1. The van der Waals surface area contributed by atoms with E-state index in [4.69, 9.17) is 9.84 Å². The Hall–Kier alpha value is -1.58. The fraction of sp³-hybridized carbons (Fsp3) is 0.300. The molecule has 1 aromatic rings. The topological polar surface area (TPSA) is 46.5 Å². The second-order valence-electron chi connectivity index (χ2n) is 3.32. The normalized spacial score (nSPS) is 18.9. The van der Waals surface area contributed by atoms with E-state index in [1.165, 1.54) is 6.07 Å². The molecule has 1 aliphatic heterocycles. The number of fused-ring (bicyclic) bond motifs is 1. The van der Waals surface area contributed by atoms with Gasteiger partial charge in [0.05, 0.1) is 0 Å².